The normalized spacial score (nSPS) is 10.2. The molecule has 2 aromatic carbocycles. The molecule has 1 heterocycles. The number of rotatable bonds is 7. The Labute approximate surface area is 186 Å². The molecule has 0 amide bonds. The SMILES string of the molecule is NCCSc1nnc(-c2ccc(Br)cc2)n1CCc1ccccc1.O=C(O)C(=O)O. The second-order valence-electron chi connectivity index (χ2n) is 5.95. The van der Waals surface area contributed by atoms with Crippen LogP contribution in [0.2, 0.25) is 0 Å². The maximum atomic E-state index is 9.10. The second-order valence-corrected chi connectivity index (χ2v) is 7.93. The number of aromatic nitrogens is 3. The Morgan fingerprint density at radius 1 is 1.00 bits per heavy atom. The minimum absolute atomic E-state index is 0.629. The van der Waals surface area contributed by atoms with Crippen LogP contribution in [0.5, 0.6) is 0 Å². The first-order chi connectivity index (χ1) is 14.4. The summed E-state index contributed by atoms with van der Waals surface area (Å²) in [5, 5.41) is 24.5. The van der Waals surface area contributed by atoms with Crippen molar-refractivity contribution in [2.75, 3.05) is 12.3 Å². The number of benzene rings is 2. The molecule has 1 aromatic heterocycles. The highest BCUT2D eigenvalue weighted by Gasteiger charge is 2.14. The van der Waals surface area contributed by atoms with Gasteiger partial charge in [0.15, 0.2) is 11.0 Å². The van der Waals surface area contributed by atoms with E-state index in [1.165, 1.54) is 5.56 Å². The number of carboxylic acids is 2. The van der Waals surface area contributed by atoms with E-state index >= 15 is 0 Å². The average Bonchev–Trinajstić information content (AvgIpc) is 3.15. The first-order valence-electron chi connectivity index (χ1n) is 8.94. The Balaban J connectivity index is 0.000000469. The molecule has 0 bridgehead atoms. The third-order valence-corrected chi connectivity index (χ3v) is 5.35. The molecule has 3 rings (SSSR count). The number of hydrogen-bond donors (Lipinski definition) is 3. The highest BCUT2D eigenvalue weighted by molar-refractivity contribution is 9.10. The first kappa shape index (κ1) is 23.6. The van der Waals surface area contributed by atoms with Gasteiger partial charge >= 0.3 is 11.9 Å². The Bertz CT molecular complexity index is 953. The van der Waals surface area contributed by atoms with Crippen molar-refractivity contribution in [2.24, 2.45) is 5.73 Å². The number of halogens is 1. The summed E-state index contributed by atoms with van der Waals surface area (Å²) >= 11 is 5.13. The van der Waals surface area contributed by atoms with Crippen LogP contribution in [0.25, 0.3) is 11.4 Å². The standard InChI is InChI=1S/C18H19BrN4S.C2H2O4/c19-16-8-6-15(7-9-16)17-21-22-18(24-13-11-20)23(17)12-10-14-4-2-1-3-5-14;3-1(4)2(5)6/h1-9H,10-13,20H2;(H,3,4)(H,5,6). The largest absolute Gasteiger partial charge is 0.473 e. The van der Waals surface area contributed by atoms with Gasteiger partial charge in [0.05, 0.1) is 0 Å². The number of aryl methyl sites for hydroxylation is 1. The van der Waals surface area contributed by atoms with Crippen molar-refractivity contribution in [3.63, 3.8) is 0 Å². The summed E-state index contributed by atoms with van der Waals surface area (Å²) in [6.45, 7) is 1.47. The van der Waals surface area contributed by atoms with E-state index in [0.29, 0.717) is 6.54 Å². The van der Waals surface area contributed by atoms with Gasteiger partial charge in [-0.1, -0.05) is 70.2 Å². The molecule has 4 N–H and O–H groups in total. The van der Waals surface area contributed by atoms with Gasteiger partial charge < -0.3 is 20.5 Å². The lowest BCUT2D eigenvalue weighted by Crippen LogP contribution is -2.09. The lowest BCUT2D eigenvalue weighted by molar-refractivity contribution is -0.159. The van der Waals surface area contributed by atoms with Crippen molar-refractivity contribution in [1.82, 2.24) is 14.8 Å². The summed E-state index contributed by atoms with van der Waals surface area (Å²) < 4.78 is 3.25. The molecule has 8 nitrogen and oxygen atoms in total. The van der Waals surface area contributed by atoms with E-state index in [1.807, 2.05) is 18.2 Å². The zero-order chi connectivity index (χ0) is 21.9. The lowest BCUT2D eigenvalue weighted by atomic mass is 10.1. The van der Waals surface area contributed by atoms with Crippen LogP contribution in [0, 0.1) is 0 Å². The first-order valence-corrected chi connectivity index (χ1v) is 10.7. The molecule has 10 heteroatoms. The molecular formula is C20H21BrN4O4S. The fourth-order valence-electron chi connectivity index (χ4n) is 2.45. The van der Waals surface area contributed by atoms with Gasteiger partial charge in [-0.15, -0.1) is 10.2 Å². The van der Waals surface area contributed by atoms with Gasteiger partial charge in [0.2, 0.25) is 0 Å². The highest BCUT2D eigenvalue weighted by atomic mass is 79.9. The van der Waals surface area contributed by atoms with Crippen LogP contribution in [0.3, 0.4) is 0 Å². The van der Waals surface area contributed by atoms with E-state index in [-0.39, 0.29) is 0 Å². The van der Waals surface area contributed by atoms with E-state index in [9.17, 15) is 0 Å². The average molecular weight is 493 g/mol. The van der Waals surface area contributed by atoms with Gasteiger partial charge in [-0.25, -0.2) is 9.59 Å². The Morgan fingerprint density at radius 3 is 2.20 bits per heavy atom. The van der Waals surface area contributed by atoms with Crippen LogP contribution in [-0.2, 0) is 22.6 Å². The number of carboxylic acid groups (broad SMARTS) is 2. The monoisotopic (exact) mass is 492 g/mol. The van der Waals surface area contributed by atoms with Crippen LogP contribution in [-0.4, -0.2) is 49.2 Å². The number of nitrogens with zero attached hydrogens (tertiary/aromatic N) is 3. The zero-order valence-electron chi connectivity index (χ0n) is 15.9. The van der Waals surface area contributed by atoms with Crippen LogP contribution in [0.1, 0.15) is 5.56 Å². The summed E-state index contributed by atoms with van der Waals surface area (Å²) in [5.74, 6) is -1.91. The van der Waals surface area contributed by atoms with Crippen LogP contribution < -0.4 is 5.73 Å². The molecule has 3 aromatic rings. The van der Waals surface area contributed by atoms with Crippen LogP contribution in [0.4, 0.5) is 0 Å². The van der Waals surface area contributed by atoms with Gasteiger partial charge in [-0.05, 0) is 24.1 Å². The predicted molar refractivity (Wildman–Crippen MR) is 118 cm³/mol. The van der Waals surface area contributed by atoms with Crippen molar-refractivity contribution < 1.29 is 19.8 Å². The molecule has 0 atom stereocenters. The summed E-state index contributed by atoms with van der Waals surface area (Å²) in [6.07, 6.45) is 0.943. The Kier molecular flexibility index (Phi) is 9.52. The molecule has 0 radical (unpaired) electrons. The summed E-state index contributed by atoms with van der Waals surface area (Å²) in [5.41, 5.74) is 8.02. The number of carbonyl (C=O) groups is 2. The van der Waals surface area contributed by atoms with Crippen molar-refractivity contribution in [1.29, 1.82) is 0 Å². The molecule has 0 fully saturated rings. The highest BCUT2D eigenvalue weighted by Crippen LogP contribution is 2.25. The molecule has 0 saturated carbocycles. The molecule has 158 valence electrons. The van der Waals surface area contributed by atoms with Gasteiger partial charge in [0.1, 0.15) is 0 Å². The van der Waals surface area contributed by atoms with E-state index in [2.05, 4.69) is 67.1 Å². The molecule has 0 aliphatic rings. The smallest absolute Gasteiger partial charge is 0.414 e. The van der Waals surface area contributed by atoms with E-state index in [0.717, 1.165) is 39.7 Å². The van der Waals surface area contributed by atoms with E-state index in [4.69, 9.17) is 25.5 Å². The topological polar surface area (TPSA) is 131 Å². The minimum atomic E-state index is -1.82. The predicted octanol–water partition coefficient (Wildman–Crippen LogP) is 3.16. The number of nitrogens with two attached hydrogens (primary N) is 1. The van der Waals surface area contributed by atoms with E-state index < -0.39 is 11.9 Å². The third-order valence-electron chi connectivity index (χ3n) is 3.82. The summed E-state index contributed by atoms with van der Waals surface area (Å²) in [6, 6.07) is 18.7. The van der Waals surface area contributed by atoms with Gasteiger partial charge in [0.25, 0.3) is 0 Å². The Hall–Kier alpha value is -2.69. The molecule has 0 aliphatic carbocycles. The fourth-order valence-corrected chi connectivity index (χ4v) is 3.44. The zero-order valence-corrected chi connectivity index (χ0v) is 18.3. The quantitative estimate of drug-likeness (QED) is 0.338. The minimum Gasteiger partial charge on any atom is -0.473 e. The molecule has 30 heavy (non-hydrogen) atoms. The molecular weight excluding hydrogens is 472 g/mol. The second kappa shape index (κ2) is 12.1. The maximum Gasteiger partial charge on any atom is 0.414 e. The Morgan fingerprint density at radius 2 is 1.63 bits per heavy atom. The number of thioether (sulfide) groups is 1. The van der Waals surface area contributed by atoms with Crippen LogP contribution in [0.15, 0.2) is 64.2 Å². The number of aliphatic carboxylic acids is 2. The molecule has 0 spiro atoms. The van der Waals surface area contributed by atoms with E-state index in [1.54, 1.807) is 11.8 Å². The van der Waals surface area contributed by atoms with Gasteiger partial charge in [-0.2, -0.15) is 0 Å². The molecule has 0 aliphatic heterocycles. The van der Waals surface area contributed by atoms with Crippen LogP contribution >= 0.6 is 27.7 Å². The number of hydrogen-bond acceptors (Lipinski definition) is 6. The summed E-state index contributed by atoms with van der Waals surface area (Å²) in [7, 11) is 0. The third kappa shape index (κ3) is 7.29. The maximum absolute atomic E-state index is 9.10. The van der Waals surface area contributed by atoms with Gasteiger partial charge in [-0.3, -0.25) is 0 Å². The fraction of sp³-hybridized carbons (Fsp3) is 0.200. The van der Waals surface area contributed by atoms with Crippen molar-refractivity contribution in [3.05, 3.63) is 64.6 Å². The van der Waals surface area contributed by atoms with Gasteiger partial charge in [0, 0.05) is 28.9 Å². The van der Waals surface area contributed by atoms with Crippen molar-refractivity contribution in [3.8, 4) is 11.4 Å². The molecule has 0 saturated heterocycles. The summed E-state index contributed by atoms with van der Waals surface area (Å²) in [4.78, 5) is 18.2. The van der Waals surface area contributed by atoms with Crippen molar-refractivity contribution >= 4 is 39.6 Å². The molecule has 0 unspecified atom stereocenters. The lowest BCUT2D eigenvalue weighted by Gasteiger charge is -2.10. The van der Waals surface area contributed by atoms with Crippen molar-refractivity contribution in [2.45, 2.75) is 18.1 Å².